The Morgan fingerprint density at radius 3 is 2.88 bits per heavy atom. The zero-order chi connectivity index (χ0) is 18.5. The normalized spacial score (nSPS) is 11.8. The van der Waals surface area contributed by atoms with E-state index in [0.29, 0.717) is 26.8 Å². The lowest BCUT2D eigenvalue weighted by atomic mass is 10.3. The van der Waals surface area contributed by atoms with Gasteiger partial charge in [-0.25, -0.2) is 0 Å². The number of carbonyl (C=O) groups excluding carboxylic acids is 1. The van der Waals surface area contributed by atoms with E-state index in [2.05, 4.69) is 26.0 Å². The second kappa shape index (κ2) is 8.19. The maximum Gasteiger partial charge on any atom is 0.238 e. The molecule has 0 bridgehead atoms. The molecule has 10 heteroatoms. The van der Waals surface area contributed by atoms with Gasteiger partial charge in [-0.15, -0.1) is 10.2 Å². The van der Waals surface area contributed by atoms with Gasteiger partial charge in [-0.05, 0) is 26.0 Å². The van der Waals surface area contributed by atoms with Crippen LogP contribution in [0.5, 0.6) is 5.75 Å². The fraction of sp³-hybridized carbons (Fsp3) is 0.250. The van der Waals surface area contributed by atoms with Crippen LogP contribution in [-0.2, 0) is 4.79 Å². The third-order valence-electron chi connectivity index (χ3n) is 3.28. The molecule has 0 aliphatic rings. The highest BCUT2D eigenvalue weighted by atomic mass is 32.2. The first-order valence-electron chi connectivity index (χ1n) is 7.69. The molecule has 0 aliphatic heterocycles. The highest BCUT2D eigenvalue weighted by Crippen LogP contribution is 2.33. The minimum absolute atomic E-state index is 0.183. The first-order chi connectivity index (χ1) is 12.5. The van der Waals surface area contributed by atoms with Crippen LogP contribution < -0.4 is 15.4 Å². The Bertz CT molecular complexity index is 895. The van der Waals surface area contributed by atoms with Gasteiger partial charge in [0, 0.05) is 6.07 Å². The van der Waals surface area contributed by atoms with Crippen molar-refractivity contribution in [1.29, 1.82) is 0 Å². The number of amides is 1. The summed E-state index contributed by atoms with van der Waals surface area (Å²) in [5.41, 5.74) is 0.801. The molecule has 0 saturated carbocycles. The molecule has 1 aromatic carbocycles. The van der Waals surface area contributed by atoms with Gasteiger partial charge in [0.15, 0.2) is 10.2 Å². The highest BCUT2D eigenvalue weighted by molar-refractivity contribution is 8.02. The summed E-state index contributed by atoms with van der Waals surface area (Å²) >= 11 is 2.69. The van der Waals surface area contributed by atoms with Crippen LogP contribution in [0, 0.1) is 6.92 Å². The second-order valence-corrected chi connectivity index (χ2v) is 7.84. The summed E-state index contributed by atoms with van der Waals surface area (Å²) in [5, 5.41) is 18.1. The number of rotatable bonds is 7. The smallest absolute Gasteiger partial charge is 0.238 e. The molecule has 0 spiro atoms. The standard InChI is InChI=1S/C16H17N5O3S2/c1-9-8-13(21-24-9)18-14(22)10(2)25-16-20-19-15(26-16)17-11-6-4-5-7-12(11)23-3/h4-8,10H,1-3H3,(H,17,19)(H,18,21,22). The molecule has 26 heavy (non-hydrogen) atoms. The van der Waals surface area contributed by atoms with Crippen molar-refractivity contribution in [3.8, 4) is 5.75 Å². The fourth-order valence-electron chi connectivity index (χ4n) is 2.03. The van der Waals surface area contributed by atoms with Gasteiger partial charge < -0.3 is 19.9 Å². The monoisotopic (exact) mass is 391 g/mol. The van der Waals surface area contributed by atoms with Crippen molar-refractivity contribution >= 4 is 45.6 Å². The summed E-state index contributed by atoms with van der Waals surface area (Å²) in [5.74, 6) is 1.57. The number of aromatic nitrogens is 3. The molecule has 1 amide bonds. The second-order valence-electron chi connectivity index (χ2n) is 5.27. The molecule has 2 aromatic heterocycles. The summed E-state index contributed by atoms with van der Waals surface area (Å²) in [6.07, 6.45) is 0. The number of benzene rings is 1. The third kappa shape index (κ3) is 4.52. The number of nitrogens with zero attached hydrogens (tertiary/aromatic N) is 3. The molecule has 8 nitrogen and oxygen atoms in total. The van der Waals surface area contributed by atoms with Crippen LogP contribution in [0.4, 0.5) is 16.6 Å². The van der Waals surface area contributed by atoms with Gasteiger partial charge >= 0.3 is 0 Å². The Hall–Kier alpha value is -2.59. The average Bonchev–Trinajstić information content (AvgIpc) is 3.24. The number of nitrogens with one attached hydrogen (secondary N) is 2. The fourth-order valence-corrected chi connectivity index (χ4v) is 3.94. The molecule has 0 aliphatic carbocycles. The van der Waals surface area contributed by atoms with Crippen molar-refractivity contribution in [3.05, 3.63) is 36.1 Å². The van der Waals surface area contributed by atoms with Crippen LogP contribution in [0.1, 0.15) is 12.7 Å². The van der Waals surface area contributed by atoms with Crippen molar-refractivity contribution in [2.45, 2.75) is 23.4 Å². The van der Waals surface area contributed by atoms with E-state index in [1.165, 1.54) is 23.1 Å². The molecule has 1 unspecified atom stereocenters. The van der Waals surface area contributed by atoms with E-state index < -0.39 is 0 Å². The number of hydrogen-bond donors (Lipinski definition) is 2. The molecule has 2 N–H and O–H groups in total. The first kappa shape index (κ1) is 18.2. The Kier molecular flexibility index (Phi) is 5.74. The first-order valence-corrected chi connectivity index (χ1v) is 9.39. The summed E-state index contributed by atoms with van der Waals surface area (Å²) in [6.45, 7) is 3.56. The lowest BCUT2D eigenvalue weighted by Gasteiger charge is -2.08. The van der Waals surface area contributed by atoms with Crippen LogP contribution >= 0.6 is 23.1 Å². The number of aryl methyl sites for hydroxylation is 1. The number of anilines is 3. The largest absolute Gasteiger partial charge is 0.495 e. The van der Waals surface area contributed by atoms with Crippen molar-refractivity contribution in [3.63, 3.8) is 0 Å². The number of thioether (sulfide) groups is 1. The third-order valence-corrected chi connectivity index (χ3v) is 5.30. The Labute approximate surface area is 158 Å². The molecular formula is C16H17N5O3S2. The Morgan fingerprint density at radius 2 is 2.15 bits per heavy atom. The molecule has 3 aromatic rings. The van der Waals surface area contributed by atoms with Gasteiger partial charge in [-0.3, -0.25) is 4.79 Å². The van der Waals surface area contributed by atoms with Crippen molar-refractivity contribution in [2.24, 2.45) is 0 Å². The Balaban J connectivity index is 1.60. The number of para-hydroxylation sites is 2. The number of carbonyl (C=O) groups is 1. The molecule has 3 rings (SSSR count). The van der Waals surface area contributed by atoms with E-state index >= 15 is 0 Å². The van der Waals surface area contributed by atoms with Gasteiger partial charge in [0.1, 0.15) is 11.5 Å². The van der Waals surface area contributed by atoms with Crippen LogP contribution in [0.15, 0.2) is 39.2 Å². The van der Waals surface area contributed by atoms with Crippen molar-refractivity contribution in [2.75, 3.05) is 17.7 Å². The van der Waals surface area contributed by atoms with E-state index in [1.807, 2.05) is 24.3 Å². The summed E-state index contributed by atoms with van der Waals surface area (Å²) in [7, 11) is 1.61. The molecule has 2 heterocycles. The summed E-state index contributed by atoms with van der Waals surface area (Å²) in [6, 6.07) is 9.21. The van der Waals surface area contributed by atoms with Crippen molar-refractivity contribution in [1.82, 2.24) is 15.4 Å². The lowest BCUT2D eigenvalue weighted by Crippen LogP contribution is -2.22. The zero-order valence-corrected chi connectivity index (χ0v) is 16.0. The predicted molar refractivity (Wildman–Crippen MR) is 101 cm³/mol. The van der Waals surface area contributed by atoms with Crippen LogP contribution in [0.2, 0.25) is 0 Å². The number of ether oxygens (including phenoxy) is 1. The molecule has 0 radical (unpaired) electrons. The summed E-state index contributed by atoms with van der Waals surface area (Å²) in [4.78, 5) is 12.2. The number of hydrogen-bond acceptors (Lipinski definition) is 9. The molecule has 1 atom stereocenters. The highest BCUT2D eigenvalue weighted by Gasteiger charge is 2.18. The topological polar surface area (TPSA) is 102 Å². The molecular weight excluding hydrogens is 374 g/mol. The Morgan fingerprint density at radius 1 is 1.35 bits per heavy atom. The van der Waals surface area contributed by atoms with Gasteiger partial charge in [-0.1, -0.05) is 40.4 Å². The summed E-state index contributed by atoms with van der Waals surface area (Å²) < 4.78 is 10.9. The van der Waals surface area contributed by atoms with Gasteiger partial charge in [0.2, 0.25) is 11.0 Å². The average molecular weight is 391 g/mol. The quantitative estimate of drug-likeness (QED) is 0.588. The van der Waals surface area contributed by atoms with Gasteiger partial charge in [0.25, 0.3) is 0 Å². The van der Waals surface area contributed by atoms with Gasteiger partial charge in [-0.2, -0.15) is 0 Å². The minimum atomic E-state index is -0.362. The molecule has 0 fully saturated rings. The van der Waals surface area contributed by atoms with Gasteiger partial charge in [0.05, 0.1) is 18.0 Å². The zero-order valence-electron chi connectivity index (χ0n) is 14.3. The SMILES string of the molecule is COc1ccccc1Nc1nnc(SC(C)C(=O)Nc2cc(C)on2)s1. The maximum absolute atomic E-state index is 12.2. The van der Waals surface area contributed by atoms with E-state index in [4.69, 9.17) is 9.26 Å². The number of methoxy groups -OCH3 is 1. The van der Waals surface area contributed by atoms with E-state index in [1.54, 1.807) is 27.0 Å². The van der Waals surface area contributed by atoms with E-state index in [-0.39, 0.29) is 11.2 Å². The maximum atomic E-state index is 12.2. The predicted octanol–water partition coefficient (Wildman–Crippen LogP) is 3.71. The van der Waals surface area contributed by atoms with Crippen LogP contribution in [0.3, 0.4) is 0 Å². The molecule has 0 saturated heterocycles. The molecule has 136 valence electrons. The minimum Gasteiger partial charge on any atom is -0.495 e. The lowest BCUT2D eigenvalue weighted by molar-refractivity contribution is -0.115. The van der Waals surface area contributed by atoms with Crippen LogP contribution in [-0.4, -0.2) is 33.6 Å². The van der Waals surface area contributed by atoms with Crippen molar-refractivity contribution < 1.29 is 14.1 Å². The van der Waals surface area contributed by atoms with E-state index in [0.717, 1.165) is 5.69 Å². The van der Waals surface area contributed by atoms with E-state index in [9.17, 15) is 4.79 Å². The van der Waals surface area contributed by atoms with Crippen LogP contribution in [0.25, 0.3) is 0 Å².